The minimum atomic E-state index is -1.91. The molecule has 444 valence electrons. The van der Waals surface area contributed by atoms with E-state index in [0.29, 0.717) is 19.3 Å². The van der Waals surface area contributed by atoms with Crippen molar-refractivity contribution in [3.63, 3.8) is 0 Å². The summed E-state index contributed by atoms with van der Waals surface area (Å²) in [6.07, 6.45) is 53.2. The second-order valence-electron chi connectivity index (χ2n) is 21.3. The van der Waals surface area contributed by atoms with Gasteiger partial charge in [-0.3, -0.25) is 14.4 Å². The van der Waals surface area contributed by atoms with E-state index in [1.807, 2.05) is 0 Å². The maximum atomic E-state index is 13.2. The van der Waals surface area contributed by atoms with Crippen LogP contribution in [0.15, 0.2) is 60.8 Å². The van der Waals surface area contributed by atoms with Crippen molar-refractivity contribution in [2.75, 3.05) is 13.2 Å². The second-order valence-corrected chi connectivity index (χ2v) is 21.3. The number of aliphatic hydroxyl groups is 2. The van der Waals surface area contributed by atoms with Gasteiger partial charge in [-0.25, -0.2) is 4.79 Å². The van der Waals surface area contributed by atoms with E-state index in [4.69, 9.17) is 23.7 Å². The van der Waals surface area contributed by atoms with Crippen molar-refractivity contribution < 1.29 is 58.2 Å². The van der Waals surface area contributed by atoms with Crippen LogP contribution in [0.25, 0.3) is 0 Å². The Hall–Kier alpha value is -3.58. The molecule has 6 atom stereocenters. The van der Waals surface area contributed by atoms with Gasteiger partial charge in [-0.15, -0.1) is 0 Å². The van der Waals surface area contributed by atoms with Gasteiger partial charge in [0.25, 0.3) is 0 Å². The highest BCUT2D eigenvalue weighted by Gasteiger charge is 2.50. The third kappa shape index (κ3) is 43.0. The Balaban J connectivity index is 2.68. The number of hydrogen-bond donors (Lipinski definition) is 3. The van der Waals surface area contributed by atoms with Crippen LogP contribution in [0.4, 0.5) is 0 Å². The highest BCUT2D eigenvalue weighted by Crippen LogP contribution is 2.27. The van der Waals surface area contributed by atoms with E-state index < -0.39 is 67.3 Å². The molecule has 1 aliphatic heterocycles. The summed E-state index contributed by atoms with van der Waals surface area (Å²) in [5.74, 6) is -3.13. The number of rotatable bonds is 53. The van der Waals surface area contributed by atoms with Gasteiger partial charge in [0, 0.05) is 19.3 Å². The Kier molecular flexibility index (Phi) is 49.2. The first kappa shape index (κ1) is 71.4. The normalized spacial score (nSPS) is 18.4. The summed E-state index contributed by atoms with van der Waals surface area (Å²) in [6.45, 7) is 5.87. The number of esters is 3. The summed E-state index contributed by atoms with van der Waals surface area (Å²) in [5, 5.41) is 31.5. The Morgan fingerprint density at radius 3 is 1.27 bits per heavy atom. The number of carbonyl (C=O) groups is 4. The molecule has 6 unspecified atom stereocenters. The lowest BCUT2D eigenvalue weighted by molar-refractivity contribution is -0.301. The molecule has 0 spiro atoms. The van der Waals surface area contributed by atoms with E-state index in [1.54, 1.807) is 0 Å². The molecule has 0 saturated carbocycles. The van der Waals surface area contributed by atoms with Gasteiger partial charge in [-0.05, 0) is 83.5 Å². The van der Waals surface area contributed by atoms with Crippen LogP contribution in [0, 0.1) is 0 Å². The standard InChI is InChI=1S/C65H112O12/c1-4-7-10-13-16-19-22-25-28-29-32-35-38-41-44-47-50-53-59(68)76-63-61(70)60(69)62(64(71)72)77-65(63)74-55-56(75-58(67)52-49-46-43-40-37-34-31-27-24-21-18-15-12-9-6-3)54-73-57(66)51-48-45-42-39-36-33-30-26-23-20-17-14-11-8-5-2/h7,10,16-17,19-20,25-26,28,30,56,60-63,65,69-70H,4-6,8-9,11-15,18,21-24,27,29,31-55H2,1-3H3,(H,71,72)/b10-7-,19-16-,20-17-,28-25-,30-26-. The Morgan fingerprint density at radius 1 is 0.442 bits per heavy atom. The fraction of sp³-hybridized carbons (Fsp3) is 0.785. The van der Waals surface area contributed by atoms with Crippen molar-refractivity contribution >= 4 is 23.9 Å². The van der Waals surface area contributed by atoms with Gasteiger partial charge in [0.05, 0.1) is 6.61 Å². The molecule has 0 amide bonds. The quantitative estimate of drug-likeness (QED) is 0.0228. The number of carboxylic acid groups (broad SMARTS) is 1. The summed E-state index contributed by atoms with van der Waals surface area (Å²) in [4.78, 5) is 51.2. The molecule has 3 N–H and O–H groups in total. The van der Waals surface area contributed by atoms with Gasteiger partial charge >= 0.3 is 23.9 Å². The van der Waals surface area contributed by atoms with E-state index in [1.165, 1.54) is 89.9 Å². The molecule has 1 rings (SSSR count). The first-order valence-electron chi connectivity index (χ1n) is 31.3. The molecule has 0 aliphatic carbocycles. The van der Waals surface area contributed by atoms with E-state index in [-0.39, 0.29) is 25.9 Å². The van der Waals surface area contributed by atoms with E-state index in [2.05, 4.69) is 81.5 Å². The van der Waals surface area contributed by atoms with Gasteiger partial charge < -0.3 is 39.0 Å². The van der Waals surface area contributed by atoms with Crippen molar-refractivity contribution in [2.24, 2.45) is 0 Å². The molecular weight excluding hydrogens is 973 g/mol. The first-order chi connectivity index (χ1) is 37.6. The van der Waals surface area contributed by atoms with E-state index >= 15 is 0 Å². The van der Waals surface area contributed by atoms with Crippen molar-refractivity contribution in [1.82, 2.24) is 0 Å². The molecule has 0 aromatic heterocycles. The molecule has 0 aromatic rings. The monoisotopic (exact) mass is 1080 g/mol. The maximum Gasteiger partial charge on any atom is 0.335 e. The highest BCUT2D eigenvalue weighted by molar-refractivity contribution is 5.74. The number of carbonyl (C=O) groups excluding carboxylic acids is 3. The van der Waals surface area contributed by atoms with Gasteiger partial charge in [0.2, 0.25) is 0 Å². The molecule has 12 heteroatoms. The third-order valence-electron chi connectivity index (χ3n) is 14.1. The van der Waals surface area contributed by atoms with Crippen LogP contribution in [0.5, 0.6) is 0 Å². The number of hydrogen-bond acceptors (Lipinski definition) is 11. The van der Waals surface area contributed by atoms with Gasteiger partial charge in [-0.2, -0.15) is 0 Å². The molecule has 0 aromatic carbocycles. The molecule has 77 heavy (non-hydrogen) atoms. The van der Waals surface area contributed by atoms with Crippen molar-refractivity contribution in [2.45, 2.75) is 314 Å². The summed E-state index contributed by atoms with van der Waals surface area (Å²) >= 11 is 0. The molecule has 0 bridgehead atoms. The molecular formula is C65H112O12. The van der Waals surface area contributed by atoms with Crippen LogP contribution >= 0.6 is 0 Å². The Bertz CT molecular complexity index is 1570. The number of carboxylic acids is 1. The van der Waals surface area contributed by atoms with Crippen LogP contribution in [-0.4, -0.2) is 89.2 Å². The zero-order chi connectivity index (χ0) is 56.1. The van der Waals surface area contributed by atoms with Crippen molar-refractivity contribution in [3.8, 4) is 0 Å². The zero-order valence-corrected chi connectivity index (χ0v) is 49.0. The Labute approximate surface area is 468 Å². The van der Waals surface area contributed by atoms with Crippen LogP contribution in [0.2, 0.25) is 0 Å². The SMILES string of the molecule is CC/C=C\C/C=C\C/C=C\CCCCCCCCCC(=O)OC1C(OCC(COC(=O)CCCCCCC/C=C\C/C=C\CCCCC)OC(=O)CCCCCCCCCCCCCCCCC)OC(C(=O)O)C(O)C1O. The van der Waals surface area contributed by atoms with Crippen LogP contribution in [0.1, 0.15) is 278 Å². The molecule has 1 aliphatic rings. The lowest BCUT2D eigenvalue weighted by Gasteiger charge is -2.40. The number of ether oxygens (including phenoxy) is 5. The predicted octanol–water partition coefficient (Wildman–Crippen LogP) is 16.3. The lowest BCUT2D eigenvalue weighted by Crippen LogP contribution is -2.61. The van der Waals surface area contributed by atoms with E-state index in [9.17, 15) is 34.5 Å². The van der Waals surface area contributed by atoms with Crippen molar-refractivity contribution in [1.29, 1.82) is 0 Å². The summed E-state index contributed by atoms with van der Waals surface area (Å²) in [7, 11) is 0. The summed E-state index contributed by atoms with van der Waals surface area (Å²) < 4.78 is 28.5. The number of unbranched alkanes of at least 4 members (excludes halogenated alkanes) is 29. The minimum Gasteiger partial charge on any atom is -0.479 e. The average Bonchev–Trinajstić information content (AvgIpc) is 3.43. The highest BCUT2D eigenvalue weighted by atomic mass is 16.7. The molecule has 1 heterocycles. The van der Waals surface area contributed by atoms with Crippen LogP contribution in [0.3, 0.4) is 0 Å². The summed E-state index contributed by atoms with van der Waals surface area (Å²) in [6, 6.07) is 0. The van der Waals surface area contributed by atoms with Crippen molar-refractivity contribution in [3.05, 3.63) is 60.8 Å². The van der Waals surface area contributed by atoms with Gasteiger partial charge in [-0.1, -0.05) is 236 Å². The van der Waals surface area contributed by atoms with Crippen LogP contribution < -0.4 is 0 Å². The third-order valence-corrected chi connectivity index (χ3v) is 14.1. The largest absolute Gasteiger partial charge is 0.479 e. The molecule has 1 saturated heterocycles. The zero-order valence-electron chi connectivity index (χ0n) is 49.0. The lowest BCUT2D eigenvalue weighted by atomic mass is 9.98. The number of aliphatic hydroxyl groups excluding tert-OH is 2. The number of allylic oxidation sites excluding steroid dienone is 10. The summed E-state index contributed by atoms with van der Waals surface area (Å²) in [5.41, 5.74) is 0. The average molecular weight is 1090 g/mol. The minimum absolute atomic E-state index is 0.0483. The Morgan fingerprint density at radius 2 is 0.818 bits per heavy atom. The fourth-order valence-corrected chi connectivity index (χ4v) is 9.30. The van der Waals surface area contributed by atoms with Gasteiger partial charge in [0.1, 0.15) is 18.8 Å². The first-order valence-corrected chi connectivity index (χ1v) is 31.3. The van der Waals surface area contributed by atoms with Crippen LogP contribution in [-0.2, 0) is 42.9 Å². The molecule has 0 radical (unpaired) electrons. The molecule has 1 fully saturated rings. The smallest absolute Gasteiger partial charge is 0.335 e. The van der Waals surface area contributed by atoms with Gasteiger partial charge in [0.15, 0.2) is 24.6 Å². The fourth-order valence-electron chi connectivity index (χ4n) is 9.30. The number of aliphatic carboxylic acids is 1. The van der Waals surface area contributed by atoms with E-state index in [0.717, 1.165) is 128 Å². The second kappa shape index (κ2) is 53.1. The maximum absolute atomic E-state index is 13.2. The predicted molar refractivity (Wildman–Crippen MR) is 312 cm³/mol. The molecule has 12 nitrogen and oxygen atoms in total. The topological polar surface area (TPSA) is 175 Å².